The van der Waals surface area contributed by atoms with Gasteiger partial charge in [0.05, 0.1) is 11.7 Å². The summed E-state index contributed by atoms with van der Waals surface area (Å²) in [6, 6.07) is -0.502. The van der Waals surface area contributed by atoms with Gasteiger partial charge in [0.2, 0.25) is 11.8 Å². The molecule has 2 atom stereocenters. The number of rotatable bonds is 8. The van der Waals surface area contributed by atoms with Crippen molar-refractivity contribution in [2.45, 2.75) is 97.6 Å². The molecule has 2 aliphatic heterocycles. The number of likely N-dealkylation sites (tertiary alicyclic amines) is 1. The number of carbonyl (C=O) groups is 2. The van der Waals surface area contributed by atoms with Crippen LogP contribution in [0.25, 0.3) is 0 Å². The molecule has 2 saturated heterocycles. The Morgan fingerprint density at radius 2 is 1.77 bits per heavy atom. The van der Waals surface area contributed by atoms with E-state index >= 15 is 0 Å². The predicted molar refractivity (Wildman–Crippen MR) is 139 cm³/mol. The molecule has 196 valence electrons. The zero-order valence-corrected chi connectivity index (χ0v) is 22.7. The summed E-state index contributed by atoms with van der Waals surface area (Å²) >= 11 is 0. The van der Waals surface area contributed by atoms with Crippen LogP contribution in [-0.4, -0.2) is 69.4 Å². The number of fused-ring (bicyclic) bond motifs is 1. The van der Waals surface area contributed by atoms with Gasteiger partial charge in [-0.05, 0) is 69.1 Å². The number of hydrogen-bond donors (Lipinski definition) is 1. The average molecular weight is 486 g/mol. The third-order valence-corrected chi connectivity index (χ3v) is 8.25. The number of carbonyl (C=O) groups excluding carboxylic acids is 2. The molecule has 0 unspecified atom stereocenters. The maximum absolute atomic E-state index is 13.8. The fourth-order valence-corrected chi connectivity index (χ4v) is 6.28. The van der Waals surface area contributed by atoms with Crippen LogP contribution < -0.4 is 5.32 Å². The Labute approximate surface area is 212 Å². The first-order valence-corrected chi connectivity index (χ1v) is 14.1. The quantitative estimate of drug-likeness (QED) is 0.613. The molecule has 1 aromatic rings. The Balaban J connectivity index is 1.38. The van der Waals surface area contributed by atoms with Gasteiger partial charge >= 0.3 is 0 Å². The normalized spacial score (nSPS) is 22.7. The molecule has 1 aliphatic carbocycles. The van der Waals surface area contributed by atoms with Crippen molar-refractivity contribution < 1.29 is 9.59 Å². The van der Waals surface area contributed by atoms with Crippen molar-refractivity contribution in [2.24, 2.45) is 24.8 Å². The Morgan fingerprint density at radius 1 is 1.06 bits per heavy atom. The first kappa shape index (κ1) is 26.2. The molecule has 3 heterocycles. The highest BCUT2D eigenvalue weighted by atomic mass is 16.2. The molecule has 0 aromatic carbocycles. The van der Waals surface area contributed by atoms with Crippen molar-refractivity contribution in [3.8, 4) is 0 Å². The van der Waals surface area contributed by atoms with Gasteiger partial charge in [0.25, 0.3) is 0 Å². The maximum atomic E-state index is 13.8. The Kier molecular flexibility index (Phi) is 8.56. The van der Waals surface area contributed by atoms with Gasteiger partial charge in [-0.2, -0.15) is 0 Å². The van der Waals surface area contributed by atoms with E-state index in [2.05, 4.69) is 44.6 Å². The molecule has 3 aliphatic rings. The summed E-state index contributed by atoms with van der Waals surface area (Å²) in [5, 5.41) is 3.38. The van der Waals surface area contributed by atoms with Gasteiger partial charge in [-0.25, -0.2) is 4.98 Å². The van der Waals surface area contributed by atoms with Gasteiger partial charge in [-0.1, -0.05) is 27.7 Å². The van der Waals surface area contributed by atoms with E-state index in [1.165, 1.54) is 30.1 Å². The number of aromatic nitrogens is 2. The van der Waals surface area contributed by atoms with Gasteiger partial charge in [0, 0.05) is 45.3 Å². The highest BCUT2D eigenvalue weighted by Gasteiger charge is 2.39. The van der Waals surface area contributed by atoms with E-state index in [9.17, 15) is 9.59 Å². The number of aryl methyl sites for hydroxylation is 1. The molecule has 0 radical (unpaired) electrons. The molecule has 0 saturated carbocycles. The lowest BCUT2D eigenvalue weighted by atomic mass is 9.91. The SMILES string of the molecule is CC(C)C[C@@H]1NCCN([C@@H](CC(C)C)C(=O)N2CCC(Cc3nc4c(n3C)CCCC4)CC2)C1=O. The lowest BCUT2D eigenvalue weighted by Gasteiger charge is -2.42. The summed E-state index contributed by atoms with van der Waals surface area (Å²) in [5.74, 6) is 2.87. The molecule has 2 amide bonds. The molecule has 0 spiro atoms. The minimum atomic E-state index is -0.336. The summed E-state index contributed by atoms with van der Waals surface area (Å²) in [4.78, 5) is 36.0. The molecule has 0 bridgehead atoms. The van der Waals surface area contributed by atoms with Gasteiger partial charge < -0.3 is 19.7 Å². The van der Waals surface area contributed by atoms with Crippen molar-refractivity contribution >= 4 is 11.8 Å². The Bertz CT molecular complexity index is 884. The number of imidazole rings is 1. The van der Waals surface area contributed by atoms with Crippen molar-refractivity contribution in [3.05, 3.63) is 17.2 Å². The number of nitrogens with one attached hydrogen (secondary N) is 1. The predicted octanol–water partition coefficient (Wildman–Crippen LogP) is 3.34. The number of hydrogen-bond acceptors (Lipinski definition) is 4. The van der Waals surface area contributed by atoms with Crippen LogP contribution in [0, 0.1) is 17.8 Å². The third kappa shape index (κ3) is 6.10. The number of piperazine rings is 1. The van der Waals surface area contributed by atoms with Gasteiger partial charge in [-0.15, -0.1) is 0 Å². The summed E-state index contributed by atoms with van der Waals surface area (Å²) in [6.45, 7) is 11.6. The molecular weight excluding hydrogens is 438 g/mol. The molecule has 1 aromatic heterocycles. The van der Waals surface area contributed by atoms with Crippen LogP contribution in [0.15, 0.2) is 0 Å². The fraction of sp³-hybridized carbons (Fsp3) is 0.821. The highest BCUT2D eigenvalue weighted by molar-refractivity contribution is 5.90. The minimum absolute atomic E-state index is 0.109. The third-order valence-electron chi connectivity index (χ3n) is 8.25. The standard InChI is InChI=1S/C28H47N5O2/c1-19(2)16-23-27(34)33(15-12-29-23)25(17-20(3)4)28(35)32-13-10-21(11-14-32)18-26-30-22-8-6-7-9-24(22)31(26)5/h19-21,23,25,29H,6-18H2,1-5H3/t23-,25-/m0/s1. The average Bonchev–Trinajstić information content (AvgIpc) is 3.14. The zero-order chi connectivity index (χ0) is 25.1. The number of nitrogens with zero attached hydrogens (tertiary/aromatic N) is 4. The van der Waals surface area contributed by atoms with Crippen molar-refractivity contribution in [2.75, 3.05) is 26.2 Å². The summed E-state index contributed by atoms with van der Waals surface area (Å²) < 4.78 is 2.34. The molecule has 35 heavy (non-hydrogen) atoms. The largest absolute Gasteiger partial charge is 0.341 e. The van der Waals surface area contributed by atoms with Crippen LogP contribution in [0.2, 0.25) is 0 Å². The molecule has 7 nitrogen and oxygen atoms in total. The maximum Gasteiger partial charge on any atom is 0.245 e. The molecular formula is C28H47N5O2. The highest BCUT2D eigenvalue weighted by Crippen LogP contribution is 2.27. The first-order valence-electron chi connectivity index (χ1n) is 14.1. The van der Waals surface area contributed by atoms with Crippen LogP contribution in [0.3, 0.4) is 0 Å². The summed E-state index contributed by atoms with van der Waals surface area (Å²) in [5.41, 5.74) is 2.75. The van der Waals surface area contributed by atoms with E-state index in [1.54, 1.807) is 0 Å². The van der Waals surface area contributed by atoms with E-state index in [0.29, 0.717) is 24.3 Å². The number of piperidine rings is 1. The second kappa shape index (κ2) is 11.4. The van der Waals surface area contributed by atoms with Crippen LogP contribution in [0.5, 0.6) is 0 Å². The summed E-state index contributed by atoms with van der Waals surface area (Å²) in [6.07, 6.45) is 9.41. The van der Waals surface area contributed by atoms with Gasteiger partial charge in [-0.3, -0.25) is 9.59 Å². The molecule has 4 rings (SSSR count). The summed E-state index contributed by atoms with van der Waals surface area (Å²) in [7, 11) is 2.18. The number of amides is 2. The van der Waals surface area contributed by atoms with E-state index in [0.717, 1.165) is 64.6 Å². The second-order valence-electron chi connectivity index (χ2n) is 12.0. The lowest BCUT2D eigenvalue weighted by Crippen LogP contribution is -2.62. The van der Waals surface area contributed by atoms with E-state index in [-0.39, 0.29) is 23.9 Å². The van der Waals surface area contributed by atoms with E-state index < -0.39 is 0 Å². The topological polar surface area (TPSA) is 70.5 Å². The Hall–Kier alpha value is -1.89. The second-order valence-corrected chi connectivity index (χ2v) is 12.0. The lowest BCUT2D eigenvalue weighted by molar-refractivity contribution is -0.150. The van der Waals surface area contributed by atoms with Gasteiger partial charge in [0.1, 0.15) is 11.9 Å². The van der Waals surface area contributed by atoms with Gasteiger partial charge in [0.15, 0.2) is 0 Å². The molecule has 7 heteroatoms. The van der Waals surface area contributed by atoms with Crippen molar-refractivity contribution in [1.29, 1.82) is 0 Å². The van der Waals surface area contributed by atoms with Crippen LogP contribution in [0.4, 0.5) is 0 Å². The minimum Gasteiger partial charge on any atom is -0.341 e. The first-order chi connectivity index (χ1) is 16.7. The van der Waals surface area contributed by atoms with Crippen LogP contribution in [-0.2, 0) is 35.9 Å². The van der Waals surface area contributed by atoms with Crippen molar-refractivity contribution in [1.82, 2.24) is 24.7 Å². The molecule has 1 N–H and O–H groups in total. The van der Waals surface area contributed by atoms with E-state index in [1.807, 2.05) is 9.80 Å². The Morgan fingerprint density at radius 3 is 2.43 bits per heavy atom. The monoisotopic (exact) mass is 485 g/mol. The van der Waals surface area contributed by atoms with Crippen molar-refractivity contribution in [3.63, 3.8) is 0 Å². The smallest absolute Gasteiger partial charge is 0.245 e. The van der Waals surface area contributed by atoms with Crippen LogP contribution >= 0.6 is 0 Å². The fourth-order valence-electron chi connectivity index (χ4n) is 6.28. The van der Waals surface area contributed by atoms with Crippen LogP contribution in [0.1, 0.15) is 83.4 Å². The van der Waals surface area contributed by atoms with E-state index in [4.69, 9.17) is 4.98 Å². The molecule has 2 fully saturated rings. The zero-order valence-electron chi connectivity index (χ0n) is 22.7.